The van der Waals surface area contributed by atoms with Crippen molar-refractivity contribution in [3.05, 3.63) is 29.3 Å². The molecule has 0 aliphatic rings. The maximum atomic E-state index is 5.73. The number of hydrogen-bond donors (Lipinski definition) is 1. The van der Waals surface area contributed by atoms with Gasteiger partial charge in [-0.05, 0) is 63.0 Å². The van der Waals surface area contributed by atoms with Gasteiger partial charge < -0.3 is 10.1 Å². The van der Waals surface area contributed by atoms with Crippen LogP contribution in [0.15, 0.2) is 18.2 Å². The summed E-state index contributed by atoms with van der Waals surface area (Å²) in [5, 5.41) is 3.42. The van der Waals surface area contributed by atoms with Crippen molar-refractivity contribution < 1.29 is 4.74 Å². The van der Waals surface area contributed by atoms with Crippen LogP contribution in [0.4, 0.5) is 0 Å². The van der Waals surface area contributed by atoms with Gasteiger partial charge in [0, 0.05) is 0 Å². The minimum absolute atomic E-state index is 0.794. The monoisotopic (exact) mass is 235 g/mol. The van der Waals surface area contributed by atoms with E-state index in [4.69, 9.17) is 4.74 Å². The zero-order valence-corrected chi connectivity index (χ0v) is 11.4. The predicted octanol–water partition coefficient (Wildman–Crippen LogP) is 3.46. The van der Waals surface area contributed by atoms with Crippen LogP contribution in [0.5, 0.6) is 5.75 Å². The average Bonchev–Trinajstić information content (AvgIpc) is 2.26. The minimum atomic E-state index is 0.794. The van der Waals surface area contributed by atoms with Crippen molar-refractivity contribution in [2.24, 2.45) is 0 Å². The lowest BCUT2D eigenvalue weighted by Gasteiger charge is -2.08. The van der Waals surface area contributed by atoms with Gasteiger partial charge in [0.25, 0.3) is 0 Å². The summed E-state index contributed by atoms with van der Waals surface area (Å²) in [4.78, 5) is 0. The molecule has 0 saturated heterocycles. The lowest BCUT2D eigenvalue weighted by Crippen LogP contribution is -2.18. The van der Waals surface area contributed by atoms with Crippen LogP contribution in [0.1, 0.15) is 37.3 Å². The molecule has 17 heavy (non-hydrogen) atoms. The van der Waals surface area contributed by atoms with Crippen molar-refractivity contribution in [2.75, 3.05) is 19.7 Å². The average molecular weight is 235 g/mol. The highest BCUT2D eigenvalue weighted by Crippen LogP contribution is 2.16. The number of unbranched alkanes of at least 4 members (excludes halogenated alkanes) is 1. The Hall–Kier alpha value is -1.02. The topological polar surface area (TPSA) is 21.3 Å². The Morgan fingerprint density at radius 2 is 1.65 bits per heavy atom. The number of ether oxygens (including phenoxy) is 1. The molecular weight excluding hydrogens is 210 g/mol. The van der Waals surface area contributed by atoms with E-state index in [2.05, 4.69) is 44.3 Å². The van der Waals surface area contributed by atoms with Crippen LogP contribution in [0.25, 0.3) is 0 Å². The van der Waals surface area contributed by atoms with Crippen LogP contribution in [0, 0.1) is 13.8 Å². The van der Waals surface area contributed by atoms with Crippen LogP contribution in [-0.2, 0) is 0 Å². The molecule has 0 fully saturated rings. The van der Waals surface area contributed by atoms with Crippen LogP contribution in [-0.4, -0.2) is 19.7 Å². The van der Waals surface area contributed by atoms with Crippen LogP contribution >= 0.6 is 0 Å². The first kappa shape index (κ1) is 14.0. The summed E-state index contributed by atoms with van der Waals surface area (Å²) in [6.07, 6.45) is 3.58. The first-order valence-electron chi connectivity index (χ1n) is 6.64. The van der Waals surface area contributed by atoms with Crippen molar-refractivity contribution in [1.29, 1.82) is 0 Å². The van der Waals surface area contributed by atoms with Crippen molar-refractivity contribution in [3.8, 4) is 5.75 Å². The maximum Gasteiger partial charge on any atom is 0.119 e. The molecule has 0 saturated carbocycles. The zero-order chi connectivity index (χ0) is 12.5. The molecule has 2 heteroatoms. The molecule has 0 aliphatic carbocycles. The van der Waals surface area contributed by atoms with Gasteiger partial charge in [-0.15, -0.1) is 0 Å². The second-order valence-electron chi connectivity index (χ2n) is 4.63. The van der Waals surface area contributed by atoms with Gasteiger partial charge in [0.15, 0.2) is 0 Å². The molecule has 0 unspecified atom stereocenters. The highest BCUT2D eigenvalue weighted by molar-refractivity contribution is 5.32. The number of nitrogens with one attached hydrogen (secondary N) is 1. The quantitative estimate of drug-likeness (QED) is 0.697. The smallest absolute Gasteiger partial charge is 0.119 e. The first-order valence-corrected chi connectivity index (χ1v) is 6.64. The third-order valence-electron chi connectivity index (χ3n) is 2.67. The van der Waals surface area contributed by atoms with Crippen LogP contribution in [0.2, 0.25) is 0 Å². The van der Waals surface area contributed by atoms with E-state index in [-0.39, 0.29) is 0 Å². The van der Waals surface area contributed by atoms with E-state index in [0.717, 1.165) is 31.9 Å². The van der Waals surface area contributed by atoms with Gasteiger partial charge in [-0.25, -0.2) is 0 Å². The van der Waals surface area contributed by atoms with Crippen molar-refractivity contribution in [3.63, 3.8) is 0 Å². The van der Waals surface area contributed by atoms with E-state index in [9.17, 15) is 0 Å². The number of benzene rings is 1. The SMILES string of the molecule is CCCCNCCCOc1cc(C)cc(C)c1. The van der Waals surface area contributed by atoms with Crippen LogP contribution in [0.3, 0.4) is 0 Å². The van der Waals surface area contributed by atoms with Gasteiger partial charge in [-0.3, -0.25) is 0 Å². The molecule has 0 aliphatic heterocycles. The summed E-state index contributed by atoms with van der Waals surface area (Å²) in [7, 11) is 0. The lowest BCUT2D eigenvalue weighted by atomic mass is 10.1. The highest BCUT2D eigenvalue weighted by Gasteiger charge is 1.96. The molecule has 0 amide bonds. The lowest BCUT2D eigenvalue weighted by molar-refractivity contribution is 0.308. The molecule has 0 bridgehead atoms. The summed E-state index contributed by atoms with van der Waals surface area (Å²) in [5.41, 5.74) is 2.53. The Labute approximate surface area is 105 Å². The number of hydrogen-bond acceptors (Lipinski definition) is 2. The number of rotatable bonds is 8. The van der Waals surface area contributed by atoms with E-state index in [1.807, 2.05) is 0 Å². The fourth-order valence-corrected chi connectivity index (χ4v) is 1.83. The Bertz CT molecular complexity index is 302. The summed E-state index contributed by atoms with van der Waals surface area (Å²) >= 11 is 0. The molecule has 0 atom stereocenters. The molecule has 1 N–H and O–H groups in total. The first-order chi connectivity index (χ1) is 8.22. The molecule has 0 aromatic heterocycles. The molecule has 1 rings (SSSR count). The molecular formula is C15H25NO. The fraction of sp³-hybridized carbons (Fsp3) is 0.600. The second-order valence-corrected chi connectivity index (χ2v) is 4.63. The number of aryl methyl sites for hydroxylation is 2. The van der Waals surface area contributed by atoms with Gasteiger partial charge >= 0.3 is 0 Å². The predicted molar refractivity (Wildman–Crippen MR) is 73.8 cm³/mol. The normalized spacial score (nSPS) is 10.5. The van der Waals surface area contributed by atoms with E-state index >= 15 is 0 Å². The third kappa shape index (κ3) is 6.32. The zero-order valence-electron chi connectivity index (χ0n) is 11.4. The van der Waals surface area contributed by atoms with E-state index in [1.165, 1.54) is 24.0 Å². The van der Waals surface area contributed by atoms with Gasteiger partial charge in [-0.1, -0.05) is 19.4 Å². The molecule has 0 spiro atoms. The van der Waals surface area contributed by atoms with Gasteiger partial charge in [0.2, 0.25) is 0 Å². The third-order valence-corrected chi connectivity index (χ3v) is 2.67. The summed E-state index contributed by atoms with van der Waals surface area (Å²) in [6.45, 7) is 9.38. The van der Waals surface area contributed by atoms with Crippen molar-refractivity contribution in [1.82, 2.24) is 5.32 Å². The molecule has 1 aromatic rings. The van der Waals surface area contributed by atoms with Crippen LogP contribution < -0.4 is 10.1 Å². The summed E-state index contributed by atoms with van der Waals surface area (Å²) in [6, 6.07) is 6.36. The standard InChI is InChI=1S/C15H25NO/c1-4-5-7-16-8-6-9-17-15-11-13(2)10-14(3)12-15/h10-12,16H,4-9H2,1-3H3. The summed E-state index contributed by atoms with van der Waals surface area (Å²) < 4.78 is 5.73. The molecule has 0 radical (unpaired) electrons. The Morgan fingerprint density at radius 3 is 2.29 bits per heavy atom. The van der Waals surface area contributed by atoms with Gasteiger partial charge in [0.1, 0.15) is 5.75 Å². The van der Waals surface area contributed by atoms with Crippen molar-refractivity contribution in [2.45, 2.75) is 40.0 Å². The second kappa shape index (κ2) is 8.13. The van der Waals surface area contributed by atoms with E-state index in [1.54, 1.807) is 0 Å². The largest absolute Gasteiger partial charge is 0.494 e. The Morgan fingerprint density at radius 1 is 1.00 bits per heavy atom. The molecule has 96 valence electrons. The Balaban J connectivity index is 2.13. The molecule has 1 aromatic carbocycles. The van der Waals surface area contributed by atoms with Gasteiger partial charge in [-0.2, -0.15) is 0 Å². The van der Waals surface area contributed by atoms with Gasteiger partial charge in [0.05, 0.1) is 6.61 Å². The molecule has 0 heterocycles. The maximum absolute atomic E-state index is 5.73. The summed E-state index contributed by atoms with van der Waals surface area (Å²) in [5.74, 6) is 0.996. The fourth-order valence-electron chi connectivity index (χ4n) is 1.83. The minimum Gasteiger partial charge on any atom is -0.494 e. The van der Waals surface area contributed by atoms with E-state index < -0.39 is 0 Å². The van der Waals surface area contributed by atoms with E-state index in [0.29, 0.717) is 0 Å². The highest BCUT2D eigenvalue weighted by atomic mass is 16.5. The molecule has 2 nitrogen and oxygen atoms in total. The Kier molecular flexibility index (Phi) is 6.71. The van der Waals surface area contributed by atoms with Crippen molar-refractivity contribution >= 4 is 0 Å².